The SMILES string of the molecule is O=C(O)CCCC=CC[C@H]1C(=O)C[C@@H](O)[C@@H]1C=C[C@@H](O)c1nc2ccccc2s1. The summed E-state index contributed by atoms with van der Waals surface area (Å²) in [5.41, 5.74) is 0.835. The third kappa shape index (κ3) is 5.59. The van der Waals surface area contributed by atoms with Crippen LogP contribution in [0.3, 0.4) is 0 Å². The molecule has 1 heterocycles. The first-order valence-electron chi connectivity index (χ1n) is 9.75. The predicted molar refractivity (Wildman–Crippen MR) is 112 cm³/mol. The zero-order chi connectivity index (χ0) is 20.8. The molecule has 1 fully saturated rings. The first kappa shape index (κ1) is 21.4. The number of thiazole rings is 1. The van der Waals surface area contributed by atoms with Crippen LogP contribution in [0.25, 0.3) is 10.2 Å². The van der Waals surface area contributed by atoms with E-state index in [4.69, 9.17) is 5.11 Å². The van der Waals surface area contributed by atoms with E-state index in [9.17, 15) is 19.8 Å². The Hall–Kier alpha value is -2.35. The molecule has 0 amide bonds. The monoisotopic (exact) mass is 415 g/mol. The molecule has 0 unspecified atom stereocenters. The van der Waals surface area contributed by atoms with Crippen LogP contribution in [0.15, 0.2) is 48.6 Å². The first-order valence-corrected chi connectivity index (χ1v) is 10.6. The van der Waals surface area contributed by atoms with Crippen LogP contribution in [0.4, 0.5) is 0 Å². The number of carboxylic acids is 1. The van der Waals surface area contributed by atoms with Gasteiger partial charge in [0.05, 0.1) is 16.3 Å². The number of hydrogen-bond acceptors (Lipinski definition) is 6. The Morgan fingerprint density at radius 2 is 2.10 bits per heavy atom. The van der Waals surface area contributed by atoms with Crippen molar-refractivity contribution in [1.82, 2.24) is 4.98 Å². The van der Waals surface area contributed by atoms with Gasteiger partial charge in [0.15, 0.2) is 0 Å². The molecule has 1 aliphatic carbocycles. The van der Waals surface area contributed by atoms with Crippen molar-refractivity contribution in [2.75, 3.05) is 0 Å². The molecule has 7 heteroatoms. The van der Waals surface area contributed by atoms with Gasteiger partial charge >= 0.3 is 5.97 Å². The quantitative estimate of drug-likeness (QED) is 0.426. The fourth-order valence-electron chi connectivity index (χ4n) is 3.59. The zero-order valence-electron chi connectivity index (χ0n) is 16.0. The summed E-state index contributed by atoms with van der Waals surface area (Å²) in [7, 11) is 0. The average molecular weight is 416 g/mol. The molecular weight excluding hydrogens is 390 g/mol. The summed E-state index contributed by atoms with van der Waals surface area (Å²) in [5, 5.41) is 30.0. The van der Waals surface area contributed by atoms with Crippen molar-refractivity contribution >= 4 is 33.3 Å². The van der Waals surface area contributed by atoms with Crippen molar-refractivity contribution in [1.29, 1.82) is 0 Å². The van der Waals surface area contributed by atoms with Crippen molar-refractivity contribution in [2.24, 2.45) is 11.8 Å². The fourth-order valence-corrected chi connectivity index (χ4v) is 4.53. The molecule has 0 aliphatic heterocycles. The minimum atomic E-state index is -0.887. The summed E-state index contributed by atoms with van der Waals surface area (Å²) in [4.78, 5) is 27.2. The minimum Gasteiger partial charge on any atom is -0.481 e. The van der Waals surface area contributed by atoms with Crippen LogP contribution in [0.1, 0.15) is 43.2 Å². The smallest absolute Gasteiger partial charge is 0.303 e. The maximum atomic E-state index is 12.3. The molecule has 1 aromatic heterocycles. The van der Waals surface area contributed by atoms with Gasteiger partial charge < -0.3 is 15.3 Å². The lowest BCUT2D eigenvalue weighted by Gasteiger charge is -2.16. The van der Waals surface area contributed by atoms with Gasteiger partial charge in [0.2, 0.25) is 0 Å². The van der Waals surface area contributed by atoms with Crippen LogP contribution >= 0.6 is 11.3 Å². The number of unbranched alkanes of at least 4 members (excludes halogenated alkanes) is 1. The van der Waals surface area contributed by atoms with E-state index in [0.29, 0.717) is 24.3 Å². The second-order valence-electron chi connectivity index (χ2n) is 7.26. The van der Waals surface area contributed by atoms with E-state index in [1.165, 1.54) is 11.3 Å². The maximum Gasteiger partial charge on any atom is 0.303 e. The van der Waals surface area contributed by atoms with Gasteiger partial charge in [-0.3, -0.25) is 9.59 Å². The van der Waals surface area contributed by atoms with E-state index in [1.807, 2.05) is 36.4 Å². The number of aromatic nitrogens is 1. The van der Waals surface area contributed by atoms with Crippen LogP contribution in [0, 0.1) is 11.8 Å². The number of nitrogens with zero attached hydrogens (tertiary/aromatic N) is 1. The fraction of sp³-hybridized carbons (Fsp3) is 0.409. The number of hydrogen-bond donors (Lipinski definition) is 3. The zero-order valence-corrected chi connectivity index (χ0v) is 16.8. The average Bonchev–Trinajstić information content (AvgIpc) is 3.23. The van der Waals surface area contributed by atoms with E-state index in [-0.39, 0.29) is 30.5 Å². The van der Waals surface area contributed by atoms with Crippen molar-refractivity contribution in [3.05, 3.63) is 53.6 Å². The number of aliphatic carboxylic acids is 1. The van der Waals surface area contributed by atoms with E-state index in [2.05, 4.69) is 4.98 Å². The van der Waals surface area contributed by atoms with E-state index >= 15 is 0 Å². The standard InChI is InChI=1S/C22H25NO5S/c24-17(22-23-16-8-5-6-9-20(16)29-22)12-11-15-14(18(25)13-19(15)26)7-3-1-2-4-10-21(27)28/h1,3,5-6,8-9,11-12,14-15,17,19,24,26H,2,4,7,10,13H2,(H,27,28)/t14-,15-,17-,19-/m1/s1. The summed E-state index contributed by atoms with van der Waals surface area (Å²) in [6, 6.07) is 7.66. The predicted octanol–water partition coefficient (Wildman–Crippen LogP) is 3.65. The lowest BCUT2D eigenvalue weighted by atomic mass is 9.90. The summed E-state index contributed by atoms with van der Waals surface area (Å²) in [5.74, 6) is -1.49. The van der Waals surface area contributed by atoms with Crippen LogP contribution in [-0.2, 0) is 9.59 Å². The highest BCUT2D eigenvalue weighted by atomic mass is 32.1. The number of aliphatic hydroxyl groups excluding tert-OH is 2. The first-order chi connectivity index (χ1) is 14.0. The summed E-state index contributed by atoms with van der Waals surface area (Å²) < 4.78 is 0.997. The highest BCUT2D eigenvalue weighted by Gasteiger charge is 2.39. The highest BCUT2D eigenvalue weighted by Crippen LogP contribution is 2.34. The Labute approximate surface area is 173 Å². The Balaban J connectivity index is 1.61. The van der Waals surface area contributed by atoms with Crippen LogP contribution in [0.2, 0.25) is 0 Å². The second kappa shape index (κ2) is 9.91. The van der Waals surface area contributed by atoms with Crippen LogP contribution < -0.4 is 0 Å². The Bertz CT molecular complexity index is 886. The number of carbonyl (C=O) groups excluding carboxylic acids is 1. The number of rotatable bonds is 9. The van der Waals surface area contributed by atoms with Crippen molar-refractivity contribution < 1.29 is 24.9 Å². The summed E-state index contributed by atoms with van der Waals surface area (Å²) in [6.07, 6.45) is 7.40. The normalized spacial score (nSPS) is 23.5. The third-order valence-electron chi connectivity index (χ3n) is 5.13. The molecule has 3 rings (SSSR count). The van der Waals surface area contributed by atoms with Gasteiger partial charge in [-0.2, -0.15) is 0 Å². The molecular formula is C22H25NO5S. The Kier molecular flexibility index (Phi) is 7.30. The number of fused-ring (bicyclic) bond motifs is 1. The Morgan fingerprint density at radius 1 is 1.31 bits per heavy atom. The molecule has 3 N–H and O–H groups in total. The van der Waals surface area contributed by atoms with E-state index in [1.54, 1.807) is 12.2 Å². The van der Waals surface area contributed by atoms with Crippen LogP contribution in [-0.4, -0.2) is 38.2 Å². The highest BCUT2D eigenvalue weighted by molar-refractivity contribution is 7.18. The van der Waals surface area contributed by atoms with Crippen molar-refractivity contribution in [3.8, 4) is 0 Å². The van der Waals surface area contributed by atoms with E-state index < -0.39 is 18.2 Å². The van der Waals surface area contributed by atoms with Crippen LogP contribution in [0.5, 0.6) is 0 Å². The van der Waals surface area contributed by atoms with Gasteiger partial charge in [-0.15, -0.1) is 11.3 Å². The topological polar surface area (TPSA) is 108 Å². The molecule has 0 bridgehead atoms. The number of aliphatic hydroxyl groups is 2. The van der Waals surface area contributed by atoms with Gasteiger partial charge in [-0.1, -0.05) is 36.4 Å². The molecule has 1 aliphatic rings. The number of carboxylic acid groups (broad SMARTS) is 1. The molecule has 6 nitrogen and oxygen atoms in total. The molecule has 0 saturated heterocycles. The number of carbonyl (C=O) groups is 2. The molecule has 0 spiro atoms. The number of para-hydroxylation sites is 1. The second-order valence-corrected chi connectivity index (χ2v) is 8.33. The number of benzene rings is 1. The maximum absolute atomic E-state index is 12.3. The van der Waals surface area contributed by atoms with Gasteiger partial charge in [-0.05, 0) is 31.4 Å². The summed E-state index contributed by atoms with van der Waals surface area (Å²) in [6.45, 7) is 0. The molecule has 1 aromatic carbocycles. The lowest BCUT2D eigenvalue weighted by molar-refractivity contribution is -0.137. The third-order valence-corrected chi connectivity index (χ3v) is 6.24. The lowest BCUT2D eigenvalue weighted by Crippen LogP contribution is -2.18. The largest absolute Gasteiger partial charge is 0.481 e. The molecule has 4 atom stereocenters. The number of ketones is 1. The number of allylic oxidation sites excluding steroid dienone is 2. The molecule has 154 valence electrons. The van der Waals surface area contributed by atoms with Gasteiger partial charge in [-0.25, -0.2) is 4.98 Å². The van der Waals surface area contributed by atoms with Crippen molar-refractivity contribution in [2.45, 2.75) is 44.3 Å². The van der Waals surface area contributed by atoms with Gasteiger partial charge in [0.1, 0.15) is 16.9 Å². The molecule has 0 radical (unpaired) electrons. The molecule has 1 saturated carbocycles. The molecule has 2 aromatic rings. The number of Topliss-reactive ketones (excluding diaryl/α,β-unsaturated/α-hetero) is 1. The molecule has 29 heavy (non-hydrogen) atoms. The minimum absolute atomic E-state index is 0.0109. The van der Waals surface area contributed by atoms with Gasteiger partial charge in [0, 0.05) is 24.7 Å². The Morgan fingerprint density at radius 3 is 2.86 bits per heavy atom. The summed E-state index contributed by atoms with van der Waals surface area (Å²) >= 11 is 1.42. The van der Waals surface area contributed by atoms with E-state index in [0.717, 1.165) is 10.2 Å². The van der Waals surface area contributed by atoms with Crippen molar-refractivity contribution in [3.63, 3.8) is 0 Å². The van der Waals surface area contributed by atoms with Gasteiger partial charge in [0.25, 0.3) is 0 Å².